The van der Waals surface area contributed by atoms with Crippen LogP contribution in [-0.4, -0.2) is 68.7 Å². The molecule has 0 amide bonds. The molecule has 2 heterocycles. The van der Waals surface area contributed by atoms with Gasteiger partial charge in [0.2, 0.25) is 0 Å². The first kappa shape index (κ1) is 13.8. The van der Waals surface area contributed by atoms with Crippen molar-refractivity contribution in [1.82, 2.24) is 4.90 Å². The monoisotopic (exact) mass is 277 g/mol. The van der Waals surface area contributed by atoms with E-state index in [0.29, 0.717) is 26.2 Å². The van der Waals surface area contributed by atoms with E-state index in [-0.39, 0.29) is 17.4 Å². The van der Waals surface area contributed by atoms with Gasteiger partial charge in [-0.3, -0.25) is 9.69 Å². The molecule has 2 rings (SSSR count). The molecule has 0 saturated carbocycles. The molecule has 1 N–H and O–H groups in total. The van der Waals surface area contributed by atoms with Crippen molar-refractivity contribution in [2.45, 2.75) is 6.42 Å². The van der Waals surface area contributed by atoms with Gasteiger partial charge >= 0.3 is 5.97 Å². The Labute approximate surface area is 107 Å². The van der Waals surface area contributed by atoms with Crippen LogP contribution in [0.2, 0.25) is 0 Å². The molecule has 2 atom stereocenters. The Morgan fingerprint density at radius 1 is 1.39 bits per heavy atom. The molecule has 2 fully saturated rings. The standard InChI is InChI=1S/C11H19NO5S/c13-11(14)10(7-12-2-4-17-5-3-12)9-1-6-18(15,16)8-9/h9-10H,1-8H2,(H,13,14). The molecular weight excluding hydrogens is 258 g/mol. The summed E-state index contributed by atoms with van der Waals surface area (Å²) in [6.07, 6.45) is 0.476. The van der Waals surface area contributed by atoms with E-state index in [1.165, 1.54) is 0 Å². The fourth-order valence-electron chi connectivity index (χ4n) is 2.63. The smallest absolute Gasteiger partial charge is 0.308 e. The quantitative estimate of drug-likeness (QED) is 0.742. The molecular formula is C11H19NO5S. The van der Waals surface area contributed by atoms with Crippen LogP contribution in [0.25, 0.3) is 0 Å². The summed E-state index contributed by atoms with van der Waals surface area (Å²) in [5, 5.41) is 9.28. The number of hydrogen-bond acceptors (Lipinski definition) is 5. The normalized spacial score (nSPS) is 30.1. The van der Waals surface area contributed by atoms with Crippen LogP contribution < -0.4 is 0 Å². The van der Waals surface area contributed by atoms with Gasteiger partial charge in [-0.2, -0.15) is 0 Å². The molecule has 2 saturated heterocycles. The highest BCUT2D eigenvalue weighted by Gasteiger charge is 2.38. The molecule has 18 heavy (non-hydrogen) atoms. The topological polar surface area (TPSA) is 83.9 Å². The molecule has 0 radical (unpaired) electrons. The first-order valence-corrected chi connectivity index (χ1v) is 8.03. The average molecular weight is 277 g/mol. The Balaban J connectivity index is 1.98. The van der Waals surface area contributed by atoms with Crippen LogP contribution in [0.3, 0.4) is 0 Å². The van der Waals surface area contributed by atoms with Crippen molar-refractivity contribution in [2.75, 3.05) is 44.4 Å². The highest BCUT2D eigenvalue weighted by Crippen LogP contribution is 2.27. The third-order valence-electron chi connectivity index (χ3n) is 3.71. The Kier molecular flexibility index (Phi) is 4.24. The SMILES string of the molecule is O=C(O)C(CN1CCOCC1)C1CCS(=O)(=O)C1. The number of hydrogen-bond donors (Lipinski definition) is 1. The molecule has 0 bridgehead atoms. The molecule has 0 spiro atoms. The minimum Gasteiger partial charge on any atom is -0.481 e. The first-order chi connectivity index (χ1) is 8.48. The fourth-order valence-corrected chi connectivity index (χ4v) is 4.51. The van der Waals surface area contributed by atoms with E-state index in [9.17, 15) is 18.3 Å². The second-order valence-electron chi connectivity index (χ2n) is 5.02. The lowest BCUT2D eigenvalue weighted by molar-refractivity contribution is -0.144. The van der Waals surface area contributed by atoms with E-state index in [0.717, 1.165) is 13.1 Å². The zero-order valence-electron chi connectivity index (χ0n) is 10.2. The van der Waals surface area contributed by atoms with Crippen LogP contribution in [0.4, 0.5) is 0 Å². The third kappa shape index (κ3) is 3.43. The molecule has 7 heteroatoms. The summed E-state index contributed by atoms with van der Waals surface area (Å²) in [4.78, 5) is 13.4. The summed E-state index contributed by atoms with van der Waals surface area (Å²) in [5.41, 5.74) is 0. The van der Waals surface area contributed by atoms with Gasteiger partial charge < -0.3 is 9.84 Å². The van der Waals surface area contributed by atoms with Crippen LogP contribution in [0.5, 0.6) is 0 Å². The lowest BCUT2D eigenvalue weighted by Crippen LogP contribution is -2.43. The summed E-state index contributed by atoms with van der Waals surface area (Å²) >= 11 is 0. The summed E-state index contributed by atoms with van der Waals surface area (Å²) in [6, 6.07) is 0. The number of carbonyl (C=O) groups is 1. The molecule has 2 aliphatic heterocycles. The zero-order chi connectivity index (χ0) is 13.2. The minimum absolute atomic E-state index is 0.0221. The number of rotatable bonds is 4. The van der Waals surface area contributed by atoms with Crippen molar-refractivity contribution < 1.29 is 23.1 Å². The number of carboxylic acid groups (broad SMARTS) is 1. The number of carboxylic acids is 1. The molecule has 6 nitrogen and oxygen atoms in total. The Morgan fingerprint density at radius 2 is 2.06 bits per heavy atom. The predicted molar refractivity (Wildman–Crippen MR) is 65.1 cm³/mol. The van der Waals surface area contributed by atoms with E-state index in [2.05, 4.69) is 0 Å². The number of sulfone groups is 1. The molecule has 0 aromatic heterocycles. The van der Waals surface area contributed by atoms with Crippen molar-refractivity contribution >= 4 is 15.8 Å². The van der Waals surface area contributed by atoms with E-state index < -0.39 is 21.7 Å². The first-order valence-electron chi connectivity index (χ1n) is 6.21. The van der Waals surface area contributed by atoms with Crippen LogP contribution in [0.1, 0.15) is 6.42 Å². The maximum absolute atomic E-state index is 11.4. The van der Waals surface area contributed by atoms with Crippen molar-refractivity contribution in [3.8, 4) is 0 Å². The van der Waals surface area contributed by atoms with Gasteiger partial charge in [-0.15, -0.1) is 0 Å². The fraction of sp³-hybridized carbons (Fsp3) is 0.909. The van der Waals surface area contributed by atoms with Gasteiger partial charge in [0.1, 0.15) is 0 Å². The third-order valence-corrected chi connectivity index (χ3v) is 5.51. The summed E-state index contributed by atoms with van der Waals surface area (Å²) in [5.74, 6) is -1.56. The number of aliphatic carboxylic acids is 1. The number of ether oxygens (including phenoxy) is 1. The highest BCUT2D eigenvalue weighted by atomic mass is 32.2. The van der Waals surface area contributed by atoms with Crippen molar-refractivity contribution in [2.24, 2.45) is 11.8 Å². The Hall–Kier alpha value is -0.660. The molecule has 2 aliphatic rings. The Bertz CT molecular complexity index is 402. The maximum atomic E-state index is 11.4. The number of nitrogens with zero attached hydrogens (tertiary/aromatic N) is 1. The molecule has 0 aromatic carbocycles. The van der Waals surface area contributed by atoms with Crippen LogP contribution >= 0.6 is 0 Å². The summed E-state index contributed by atoms with van der Waals surface area (Å²) in [7, 11) is -3.02. The maximum Gasteiger partial charge on any atom is 0.308 e. The van der Waals surface area contributed by atoms with Gasteiger partial charge in [-0.25, -0.2) is 8.42 Å². The van der Waals surface area contributed by atoms with E-state index in [4.69, 9.17) is 4.74 Å². The van der Waals surface area contributed by atoms with Crippen molar-refractivity contribution in [3.05, 3.63) is 0 Å². The largest absolute Gasteiger partial charge is 0.481 e. The molecule has 2 unspecified atom stereocenters. The molecule has 104 valence electrons. The van der Waals surface area contributed by atoms with E-state index in [1.54, 1.807) is 0 Å². The average Bonchev–Trinajstić information content (AvgIpc) is 2.67. The van der Waals surface area contributed by atoms with Crippen LogP contribution in [0.15, 0.2) is 0 Å². The lowest BCUT2D eigenvalue weighted by Gasteiger charge is -2.30. The van der Waals surface area contributed by atoms with Crippen LogP contribution in [0, 0.1) is 11.8 Å². The van der Waals surface area contributed by atoms with Crippen molar-refractivity contribution in [3.63, 3.8) is 0 Å². The second-order valence-corrected chi connectivity index (χ2v) is 7.25. The summed E-state index contributed by atoms with van der Waals surface area (Å²) in [6.45, 7) is 3.12. The zero-order valence-corrected chi connectivity index (χ0v) is 11.1. The van der Waals surface area contributed by atoms with Gasteiger partial charge in [0.05, 0.1) is 30.6 Å². The van der Waals surface area contributed by atoms with Gasteiger partial charge in [0, 0.05) is 19.6 Å². The molecule has 0 aliphatic carbocycles. The summed E-state index contributed by atoms with van der Waals surface area (Å²) < 4.78 is 28.1. The highest BCUT2D eigenvalue weighted by molar-refractivity contribution is 7.91. The second kappa shape index (κ2) is 5.54. The Morgan fingerprint density at radius 3 is 2.56 bits per heavy atom. The van der Waals surface area contributed by atoms with Crippen LogP contribution in [-0.2, 0) is 19.4 Å². The van der Waals surface area contributed by atoms with Gasteiger partial charge in [0.25, 0.3) is 0 Å². The van der Waals surface area contributed by atoms with Crippen molar-refractivity contribution in [1.29, 1.82) is 0 Å². The minimum atomic E-state index is -3.02. The molecule has 0 aromatic rings. The van der Waals surface area contributed by atoms with Gasteiger partial charge in [-0.1, -0.05) is 0 Å². The van der Waals surface area contributed by atoms with Gasteiger partial charge in [0.15, 0.2) is 9.84 Å². The van der Waals surface area contributed by atoms with E-state index >= 15 is 0 Å². The predicted octanol–water partition coefficient (Wildman–Crippen LogP) is -0.546. The number of morpholine rings is 1. The van der Waals surface area contributed by atoms with Gasteiger partial charge in [-0.05, 0) is 12.3 Å². The lowest BCUT2D eigenvalue weighted by atomic mass is 9.91. The van der Waals surface area contributed by atoms with E-state index in [1.807, 2.05) is 4.90 Å².